The molecule has 19 heavy (non-hydrogen) atoms. The van der Waals surface area contributed by atoms with Gasteiger partial charge in [-0.1, -0.05) is 15.9 Å². The van der Waals surface area contributed by atoms with E-state index in [1.54, 1.807) is 6.07 Å². The fourth-order valence-electron chi connectivity index (χ4n) is 1.40. The molecule has 0 saturated carbocycles. The van der Waals surface area contributed by atoms with Crippen LogP contribution in [0, 0.1) is 11.3 Å². The van der Waals surface area contributed by atoms with Crippen LogP contribution in [-0.2, 0) is 10.0 Å². The lowest BCUT2D eigenvalue weighted by atomic mass is 10.2. The molecule has 1 heterocycles. The number of benzene rings is 1. The van der Waals surface area contributed by atoms with E-state index in [4.69, 9.17) is 11.0 Å². The molecule has 7 nitrogen and oxygen atoms in total. The monoisotopic (exact) mass is 341 g/mol. The van der Waals surface area contributed by atoms with Crippen molar-refractivity contribution in [1.29, 1.82) is 5.26 Å². The third kappa shape index (κ3) is 2.69. The van der Waals surface area contributed by atoms with Crippen molar-refractivity contribution in [1.82, 2.24) is 10.2 Å². The Bertz CT molecular complexity index is 762. The van der Waals surface area contributed by atoms with E-state index in [1.807, 2.05) is 6.07 Å². The maximum Gasteiger partial charge on any atom is 0.267 e. The topological polar surface area (TPSA) is 125 Å². The van der Waals surface area contributed by atoms with Crippen molar-refractivity contribution in [2.24, 2.45) is 0 Å². The van der Waals surface area contributed by atoms with Gasteiger partial charge in [0.2, 0.25) is 0 Å². The van der Waals surface area contributed by atoms with Crippen LogP contribution < -0.4 is 10.5 Å². The van der Waals surface area contributed by atoms with Crippen molar-refractivity contribution in [2.75, 3.05) is 10.5 Å². The predicted octanol–water partition coefficient (Wildman–Crippen LogP) is 1.43. The molecular formula is C10H8BrN5O2S. The molecule has 0 radical (unpaired) electrons. The number of halogens is 1. The summed E-state index contributed by atoms with van der Waals surface area (Å²) in [6, 6.07) is 6.54. The Labute approximate surface area is 117 Å². The molecule has 0 atom stereocenters. The van der Waals surface area contributed by atoms with Gasteiger partial charge >= 0.3 is 0 Å². The summed E-state index contributed by atoms with van der Waals surface area (Å²) < 4.78 is 27.1. The van der Waals surface area contributed by atoms with Crippen LogP contribution in [0.25, 0.3) is 0 Å². The number of aromatic amines is 1. The Morgan fingerprint density at radius 3 is 2.79 bits per heavy atom. The molecule has 2 aromatic rings. The number of nitrogens with one attached hydrogen (secondary N) is 2. The van der Waals surface area contributed by atoms with E-state index in [2.05, 4.69) is 30.8 Å². The number of hydrogen-bond donors (Lipinski definition) is 3. The summed E-state index contributed by atoms with van der Waals surface area (Å²) in [4.78, 5) is -0.170. The molecule has 0 amide bonds. The number of nitriles is 1. The normalized spacial score (nSPS) is 10.9. The van der Waals surface area contributed by atoms with Crippen LogP contribution in [0.4, 0.5) is 11.5 Å². The highest BCUT2D eigenvalue weighted by Gasteiger charge is 2.20. The molecule has 0 fully saturated rings. The molecular weight excluding hydrogens is 334 g/mol. The van der Waals surface area contributed by atoms with E-state index < -0.39 is 10.0 Å². The summed E-state index contributed by atoms with van der Waals surface area (Å²) in [7, 11) is -3.89. The van der Waals surface area contributed by atoms with Gasteiger partial charge in [0.1, 0.15) is 16.8 Å². The molecule has 0 aliphatic rings. The van der Waals surface area contributed by atoms with E-state index in [-0.39, 0.29) is 22.0 Å². The van der Waals surface area contributed by atoms with Gasteiger partial charge in [-0.05, 0) is 18.2 Å². The first kappa shape index (κ1) is 13.4. The van der Waals surface area contributed by atoms with E-state index in [0.29, 0.717) is 4.47 Å². The molecule has 1 aromatic heterocycles. The molecule has 0 aliphatic carbocycles. The van der Waals surface area contributed by atoms with Crippen LogP contribution >= 0.6 is 15.9 Å². The van der Waals surface area contributed by atoms with Gasteiger partial charge in [0.15, 0.2) is 0 Å². The maximum absolute atomic E-state index is 12.1. The minimum Gasteiger partial charge on any atom is -0.383 e. The third-order valence-corrected chi connectivity index (χ3v) is 4.15. The third-order valence-electron chi connectivity index (χ3n) is 2.27. The Morgan fingerprint density at radius 1 is 1.47 bits per heavy atom. The second-order valence-electron chi connectivity index (χ2n) is 3.56. The number of anilines is 2. The van der Waals surface area contributed by atoms with Gasteiger partial charge in [-0.2, -0.15) is 10.4 Å². The van der Waals surface area contributed by atoms with Crippen molar-refractivity contribution in [3.05, 3.63) is 34.4 Å². The number of sulfonamides is 1. The number of nitrogens with zero attached hydrogens (tertiary/aromatic N) is 2. The number of nitrogen functional groups attached to an aromatic ring is 1. The van der Waals surface area contributed by atoms with Crippen LogP contribution in [0.2, 0.25) is 0 Å². The first-order valence-electron chi connectivity index (χ1n) is 4.95. The summed E-state index contributed by atoms with van der Waals surface area (Å²) in [5.41, 5.74) is 5.84. The van der Waals surface area contributed by atoms with Crippen molar-refractivity contribution >= 4 is 37.5 Å². The Hall–Kier alpha value is -2.05. The first-order valence-corrected chi connectivity index (χ1v) is 7.23. The number of rotatable bonds is 3. The second kappa shape index (κ2) is 4.91. The van der Waals surface area contributed by atoms with Crippen molar-refractivity contribution < 1.29 is 8.42 Å². The van der Waals surface area contributed by atoms with E-state index in [1.165, 1.54) is 12.1 Å². The van der Waals surface area contributed by atoms with Crippen LogP contribution in [0.1, 0.15) is 5.56 Å². The van der Waals surface area contributed by atoms with Crippen LogP contribution in [0.5, 0.6) is 0 Å². The fraction of sp³-hybridized carbons (Fsp3) is 0. The number of nitrogens with two attached hydrogens (primary N) is 1. The van der Waals surface area contributed by atoms with Gasteiger partial charge in [0, 0.05) is 4.47 Å². The van der Waals surface area contributed by atoms with Crippen LogP contribution in [0.15, 0.2) is 33.8 Å². The lowest BCUT2D eigenvalue weighted by molar-refractivity contribution is 0.601. The van der Waals surface area contributed by atoms with E-state index in [9.17, 15) is 8.42 Å². The summed E-state index contributed by atoms with van der Waals surface area (Å²) >= 11 is 3.21. The summed E-state index contributed by atoms with van der Waals surface area (Å²) in [6.07, 6.45) is 1.10. The average Bonchev–Trinajstić information content (AvgIpc) is 2.76. The van der Waals surface area contributed by atoms with Crippen LogP contribution in [-0.4, -0.2) is 18.6 Å². The van der Waals surface area contributed by atoms with Crippen LogP contribution in [0.3, 0.4) is 0 Å². The molecule has 0 aliphatic heterocycles. The molecule has 0 spiro atoms. The first-order chi connectivity index (χ1) is 8.94. The standard InChI is InChI=1S/C10H8BrN5O2S/c11-7-2-1-6(4-12)8(3-7)16-19(17,18)9-5-14-15-10(9)13/h1-3,5,16H,(H3,13,14,15). The second-order valence-corrected chi connectivity index (χ2v) is 6.12. The van der Waals surface area contributed by atoms with Gasteiger partial charge in [0.25, 0.3) is 10.0 Å². The summed E-state index contributed by atoms with van der Waals surface area (Å²) in [5, 5.41) is 14.8. The molecule has 2 rings (SSSR count). The number of H-pyrrole nitrogens is 1. The zero-order valence-electron chi connectivity index (χ0n) is 9.38. The van der Waals surface area contributed by atoms with Gasteiger partial charge in [-0.15, -0.1) is 0 Å². The van der Waals surface area contributed by atoms with Crippen molar-refractivity contribution in [2.45, 2.75) is 4.90 Å². The van der Waals surface area contributed by atoms with E-state index in [0.717, 1.165) is 6.20 Å². The average molecular weight is 342 g/mol. The highest BCUT2D eigenvalue weighted by molar-refractivity contribution is 9.10. The molecule has 9 heteroatoms. The molecule has 98 valence electrons. The van der Waals surface area contributed by atoms with Gasteiger partial charge in [0.05, 0.1) is 17.4 Å². The lowest BCUT2D eigenvalue weighted by Gasteiger charge is -2.08. The molecule has 4 N–H and O–H groups in total. The Kier molecular flexibility index (Phi) is 3.46. The lowest BCUT2D eigenvalue weighted by Crippen LogP contribution is -2.14. The Balaban J connectivity index is 2.45. The minimum absolute atomic E-state index is 0.0685. The number of aromatic nitrogens is 2. The van der Waals surface area contributed by atoms with E-state index >= 15 is 0 Å². The van der Waals surface area contributed by atoms with Gasteiger partial charge < -0.3 is 5.73 Å². The highest BCUT2D eigenvalue weighted by Crippen LogP contribution is 2.25. The highest BCUT2D eigenvalue weighted by atomic mass is 79.9. The Morgan fingerprint density at radius 2 is 2.21 bits per heavy atom. The predicted molar refractivity (Wildman–Crippen MR) is 72.7 cm³/mol. The largest absolute Gasteiger partial charge is 0.383 e. The molecule has 1 aromatic carbocycles. The summed E-state index contributed by atoms with van der Waals surface area (Å²) in [6.45, 7) is 0. The van der Waals surface area contributed by atoms with Crippen molar-refractivity contribution in [3.8, 4) is 6.07 Å². The minimum atomic E-state index is -3.89. The van der Waals surface area contributed by atoms with Gasteiger partial charge in [-0.3, -0.25) is 9.82 Å². The molecule has 0 saturated heterocycles. The smallest absolute Gasteiger partial charge is 0.267 e. The molecule has 0 bridgehead atoms. The molecule has 0 unspecified atom stereocenters. The van der Waals surface area contributed by atoms with Crippen molar-refractivity contribution in [3.63, 3.8) is 0 Å². The fourth-order valence-corrected chi connectivity index (χ4v) is 2.85. The van der Waals surface area contributed by atoms with Gasteiger partial charge in [-0.25, -0.2) is 8.42 Å². The quantitative estimate of drug-likeness (QED) is 0.778. The summed E-state index contributed by atoms with van der Waals surface area (Å²) in [5.74, 6) is -0.0685. The zero-order chi connectivity index (χ0) is 14.0. The SMILES string of the molecule is N#Cc1ccc(Br)cc1NS(=O)(=O)c1cn[nH]c1N. The zero-order valence-corrected chi connectivity index (χ0v) is 11.8. The maximum atomic E-state index is 12.1. The number of hydrogen-bond acceptors (Lipinski definition) is 5.